The third-order valence-corrected chi connectivity index (χ3v) is 4.04. The first-order chi connectivity index (χ1) is 13.1. The summed E-state index contributed by atoms with van der Waals surface area (Å²) < 4.78 is 10.9. The fourth-order valence-corrected chi connectivity index (χ4v) is 2.54. The number of carbonyl (C=O) groups is 1. The number of methoxy groups -OCH3 is 1. The van der Waals surface area contributed by atoms with E-state index in [4.69, 9.17) is 21.1 Å². The number of urea groups is 1. The van der Waals surface area contributed by atoms with Crippen molar-refractivity contribution in [2.75, 3.05) is 17.7 Å². The lowest BCUT2D eigenvalue weighted by molar-refractivity contribution is 0.262. The molecule has 5 nitrogen and oxygen atoms in total. The normalized spacial score (nSPS) is 10.1. The minimum Gasteiger partial charge on any atom is -0.495 e. The fourth-order valence-electron chi connectivity index (χ4n) is 2.41. The van der Waals surface area contributed by atoms with Crippen LogP contribution in [0.4, 0.5) is 16.2 Å². The molecule has 3 aromatic carbocycles. The van der Waals surface area contributed by atoms with Gasteiger partial charge < -0.3 is 20.1 Å². The molecule has 27 heavy (non-hydrogen) atoms. The minimum atomic E-state index is -0.352. The summed E-state index contributed by atoms with van der Waals surface area (Å²) in [5.41, 5.74) is 2.28. The molecule has 0 saturated carbocycles. The van der Waals surface area contributed by atoms with Gasteiger partial charge in [0.15, 0.2) is 0 Å². The van der Waals surface area contributed by atoms with E-state index in [9.17, 15) is 4.79 Å². The van der Waals surface area contributed by atoms with Crippen LogP contribution < -0.4 is 20.1 Å². The van der Waals surface area contributed by atoms with E-state index in [1.54, 1.807) is 43.5 Å². The number of amides is 2. The molecule has 3 aromatic rings. The number of hydrogen-bond acceptors (Lipinski definition) is 3. The smallest absolute Gasteiger partial charge is 0.323 e. The first-order valence-corrected chi connectivity index (χ1v) is 8.70. The van der Waals surface area contributed by atoms with E-state index >= 15 is 0 Å². The molecule has 0 aliphatic rings. The SMILES string of the molecule is COc1ccccc1NC(=O)Nc1ccc(OCc2ccc(Cl)cc2)cc1. The largest absolute Gasteiger partial charge is 0.495 e. The maximum absolute atomic E-state index is 12.2. The van der Waals surface area contributed by atoms with Gasteiger partial charge in [-0.3, -0.25) is 0 Å². The van der Waals surface area contributed by atoms with Crippen LogP contribution in [0, 0.1) is 0 Å². The van der Waals surface area contributed by atoms with Crippen molar-refractivity contribution in [3.8, 4) is 11.5 Å². The summed E-state index contributed by atoms with van der Waals surface area (Å²) in [5, 5.41) is 6.23. The first kappa shape index (κ1) is 18.6. The van der Waals surface area contributed by atoms with Crippen molar-refractivity contribution in [3.05, 3.63) is 83.4 Å². The molecule has 0 aliphatic carbocycles. The number of hydrogen-bond donors (Lipinski definition) is 2. The van der Waals surface area contributed by atoms with Gasteiger partial charge in [-0.25, -0.2) is 4.79 Å². The molecule has 0 saturated heterocycles. The average molecular weight is 383 g/mol. The Kier molecular flexibility index (Phi) is 6.18. The lowest BCUT2D eigenvalue weighted by Gasteiger charge is -2.11. The number of carbonyl (C=O) groups excluding carboxylic acids is 1. The summed E-state index contributed by atoms with van der Waals surface area (Å²) in [5.74, 6) is 1.30. The van der Waals surface area contributed by atoms with E-state index < -0.39 is 0 Å². The Balaban J connectivity index is 1.54. The van der Waals surface area contributed by atoms with Crippen molar-refractivity contribution >= 4 is 29.0 Å². The monoisotopic (exact) mass is 382 g/mol. The summed E-state index contributed by atoms with van der Waals surface area (Å²) >= 11 is 5.87. The second kappa shape index (κ2) is 8.96. The van der Waals surface area contributed by atoms with Gasteiger partial charge in [0.25, 0.3) is 0 Å². The molecule has 0 heterocycles. The van der Waals surface area contributed by atoms with Crippen LogP contribution in [-0.2, 0) is 6.61 Å². The molecular formula is C21H19ClN2O3. The van der Waals surface area contributed by atoms with Crippen molar-refractivity contribution in [1.82, 2.24) is 0 Å². The number of ether oxygens (including phenoxy) is 2. The minimum absolute atomic E-state index is 0.352. The highest BCUT2D eigenvalue weighted by Crippen LogP contribution is 2.23. The van der Waals surface area contributed by atoms with Crippen molar-refractivity contribution in [2.45, 2.75) is 6.61 Å². The second-order valence-electron chi connectivity index (χ2n) is 5.72. The number of benzene rings is 3. The molecule has 0 atom stereocenters. The van der Waals surface area contributed by atoms with Gasteiger partial charge in [-0.15, -0.1) is 0 Å². The highest BCUT2D eigenvalue weighted by atomic mass is 35.5. The van der Waals surface area contributed by atoms with Gasteiger partial charge in [0, 0.05) is 10.7 Å². The number of halogens is 1. The molecule has 6 heteroatoms. The molecule has 0 aliphatic heterocycles. The molecule has 0 radical (unpaired) electrons. The third-order valence-electron chi connectivity index (χ3n) is 3.79. The van der Waals surface area contributed by atoms with Crippen LogP contribution in [-0.4, -0.2) is 13.1 Å². The van der Waals surface area contributed by atoms with Crippen molar-refractivity contribution in [2.24, 2.45) is 0 Å². The van der Waals surface area contributed by atoms with Crippen LogP contribution >= 0.6 is 11.6 Å². The van der Waals surface area contributed by atoms with E-state index in [-0.39, 0.29) is 6.03 Å². The molecule has 3 rings (SSSR count). The van der Waals surface area contributed by atoms with Crippen LogP contribution in [0.15, 0.2) is 72.8 Å². The lowest BCUT2D eigenvalue weighted by Crippen LogP contribution is -2.19. The topological polar surface area (TPSA) is 59.6 Å². The standard InChI is InChI=1S/C21H19ClN2O3/c1-26-20-5-3-2-4-19(20)24-21(25)23-17-10-12-18(13-11-17)27-14-15-6-8-16(22)9-7-15/h2-13H,14H2,1H3,(H2,23,24,25). The molecule has 0 aromatic heterocycles. The Morgan fingerprint density at radius 1 is 0.926 bits per heavy atom. The average Bonchev–Trinajstić information content (AvgIpc) is 2.69. The molecular weight excluding hydrogens is 364 g/mol. The summed E-state index contributed by atoms with van der Waals surface area (Å²) in [6.07, 6.45) is 0. The van der Waals surface area contributed by atoms with Gasteiger partial charge in [-0.2, -0.15) is 0 Å². The molecule has 0 unspecified atom stereocenters. The highest BCUT2D eigenvalue weighted by Gasteiger charge is 2.07. The van der Waals surface area contributed by atoms with Crippen molar-refractivity contribution in [1.29, 1.82) is 0 Å². The summed E-state index contributed by atoms with van der Waals surface area (Å²) in [6.45, 7) is 0.443. The number of para-hydroxylation sites is 2. The summed E-state index contributed by atoms with van der Waals surface area (Å²) in [4.78, 5) is 12.2. The predicted molar refractivity (Wildman–Crippen MR) is 108 cm³/mol. The Hall–Kier alpha value is -3.18. The van der Waals surface area contributed by atoms with E-state index in [1.165, 1.54) is 0 Å². The maximum atomic E-state index is 12.2. The summed E-state index contributed by atoms with van der Waals surface area (Å²) in [6, 6.07) is 21.5. The van der Waals surface area contributed by atoms with E-state index in [2.05, 4.69) is 10.6 Å². The third kappa shape index (κ3) is 5.39. The molecule has 0 bridgehead atoms. The van der Waals surface area contributed by atoms with E-state index in [0.29, 0.717) is 34.5 Å². The molecule has 138 valence electrons. The Bertz CT molecular complexity index is 896. The first-order valence-electron chi connectivity index (χ1n) is 8.32. The van der Waals surface area contributed by atoms with Gasteiger partial charge in [0.2, 0.25) is 0 Å². The van der Waals surface area contributed by atoms with Gasteiger partial charge >= 0.3 is 6.03 Å². The van der Waals surface area contributed by atoms with Crippen LogP contribution in [0.3, 0.4) is 0 Å². The van der Waals surface area contributed by atoms with Gasteiger partial charge in [-0.05, 0) is 54.1 Å². The maximum Gasteiger partial charge on any atom is 0.323 e. The number of nitrogens with one attached hydrogen (secondary N) is 2. The zero-order valence-corrected chi connectivity index (χ0v) is 15.5. The zero-order valence-electron chi connectivity index (χ0n) is 14.7. The van der Waals surface area contributed by atoms with E-state index in [1.807, 2.05) is 36.4 Å². The van der Waals surface area contributed by atoms with E-state index in [0.717, 1.165) is 5.56 Å². The number of anilines is 2. The zero-order chi connectivity index (χ0) is 19.1. The van der Waals surface area contributed by atoms with Crippen LogP contribution in [0.25, 0.3) is 0 Å². The van der Waals surface area contributed by atoms with Crippen molar-refractivity contribution < 1.29 is 14.3 Å². The Morgan fingerprint density at radius 2 is 1.63 bits per heavy atom. The van der Waals surface area contributed by atoms with Crippen molar-refractivity contribution in [3.63, 3.8) is 0 Å². The second-order valence-corrected chi connectivity index (χ2v) is 6.16. The quantitative estimate of drug-likeness (QED) is 0.585. The molecule has 0 spiro atoms. The van der Waals surface area contributed by atoms with Crippen LogP contribution in [0.5, 0.6) is 11.5 Å². The lowest BCUT2D eigenvalue weighted by atomic mass is 10.2. The predicted octanol–water partition coefficient (Wildman–Crippen LogP) is 5.57. The molecule has 2 N–H and O–H groups in total. The van der Waals surface area contributed by atoms with Gasteiger partial charge in [-0.1, -0.05) is 35.9 Å². The van der Waals surface area contributed by atoms with Gasteiger partial charge in [0.1, 0.15) is 18.1 Å². The molecule has 0 fully saturated rings. The number of rotatable bonds is 6. The highest BCUT2D eigenvalue weighted by molar-refractivity contribution is 6.30. The van der Waals surface area contributed by atoms with Crippen LogP contribution in [0.1, 0.15) is 5.56 Å². The van der Waals surface area contributed by atoms with Crippen LogP contribution in [0.2, 0.25) is 5.02 Å². The molecule has 2 amide bonds. The summed E-state index contributed by atoms with van der Waals surface area (Å²) in [7, 11) is 1.56. The Morgan fingerprint density at radius 3 is 2.33 bits per heavy atom. The fraction of sp³-hybridized carbons (Fsp3) is 0.0952. The Labute approximate surface area is 162 Å². The van der Waals surface area contributed by atoms with Gasteiger partial charge in [0.05, 0.1) is 12.8 Å².